The molecule has 78 valence electrons. The van der Waals surface area contributed by atoms with Gasteiger partial charge in [-0.05, 0) is 17.7 Å². The predicted octanol–water partition coefficient (Wildman–Crippen LogP) is 3.58. The zero-order chi connectivity index (χ0) is 11.4. The largest absolute Gasteiger partial charge is 0.298 e. The highest BCUT2D eigenvalue weighted by molar-refractivity contribution is 6.35. The summed E-state index contributed by atoms with van der Waals surface area (Å²) in [6.07, 6.45) is 0.317. The molecule has 0 amide bonds. The Kier molecular flexibility index (Phi) is 4.14. The molecule has 0 spiro atoms. The molecule has 1 aromatic rings. The third-order valence-corrected chi connectivity index (χ3v) is 2.64. The van der Waals surface area contributed by atoms with E-state index in [1.807, 2.05) is 6.07 Å². The summed E-state index contributed by atoms with van der Waals surface area (Å²) in [6, 6.07) is 6.72. The number of benzene rings is 1. The van der Waals surface area contributed by atoms with E-state index in [1.165, 1.54) is 6.07 Å². The topological polar surface area (TPSA) is 40.9 Å². The van der Waals surface area contributed by atoms with Crippen molar-refractivity contribution >= 4 is 29.0 Å². The van der Waals surface area contributed by atoms with Gasteiger partial charge in [0, 0.05) is 16.5 Å². The van der Waals surface area contributed by atoms with Gasteiger partial charge in [0.15, 0.2) is 5.78 Å². The van der Waals surface area contributed by atoms with Gasteiger partial charge in [-0.25, -0.2) is 0 Å². The second-order valence-electron chi connectivity index (χ2n) is 3.05. The lowest BCUT2D eigenvalue weighted by atomic mass is 9.95. The molecule has 0 N–H and O–H groups in total. The van der Waals surface area contributed by atoms with Gasteiger partial charge in [-0.3, -0.25) is 4.79 Å². The van der Waals surface area contributed by atoms with E-state index < -0.39 is 5.92 Å². The Hall–Kier alpha value is -1.04. The lowest BCUT2D eigenvalue weighted by Gasteiger charge is -2.09. The van der Waals surface area contributed by atoms with Crippen LogP contribution in [0.25, 0.3) is 0 Å². The van der Waals surface area contributed by atoms with E-state index in [2.05, 4.69) is 0 Å². The smallest absolute Gasteiger partial charge is 0.154 e. The number of carbonyl (C=O) groups excluding carboxylic acids is 1. The van der Waals surface area contributed by atoms with Gasteiger partial charge < -0.3 is 0 Å². The van der Waals surface area contributed by atoms with E-state index in [0.717, 1.165) is 0 Å². The van der Waals surface area contributed by atoms with Crippen LogP contribution in [0.5, 0.6) is 0 Å². The van der Waals surface area contributed by atoms with Crippen LogP contribution in [0, 0.1) is 11.3 Å². The Balaban J connectivity index is 3.14. The number of nitrogens with zero attached hydrogens (tertiary/aromatic N) is 1. The molecule has 0 aliphatic heterocycles. The van der Waals surface area contributed by atoms with Gasteiger partial charge in [0.25, 0.3) is 0 Å². The summed E-state index contributed by atoms with van der Waals surface area (Å²) in [5.41, 5.74) is 0.524. The highest BCUT2D eigenvalue weighted by atomic mass is 35.5. The maximum Gasteiger partial charge on any atom is 0.154 e. The van der Waals surface area contributed by atoms with Crippen molar-refractivity contribution in [1.82, 2.24) is 0 Å². The average Bonchev–Trinajstić information content (AvgIpc) is 2.21. The molecular weight excluding hydrogens is 233 g/mol. The minimum absolute atomic E-state index is 0.137. The lowest BCUT2D eigenvalue weighted by molar-refractivity contribution is -0.119. The number of hydrogen-bond donors (Lipinski definition) is 0. The maximum absolute atomic E-state index is 11.5. The Labute approximate surface area is 98.4 Å². The van der Waals surface area contributed by atoms with Crippen LogP contribution in [0.15, 0.2) is 18.2 Å². The fourth-order valence-corrected chi connectivity index (χ4v) is 1.77. The third-order valence-electron chi connectivity index (χ3n) is 2.07. The molecular formula is C11H9Cl2NO. The zero-order valence-electron chi connectivity index (χ0n) is 8.13. The lowest BCUT2D eigenvalue weighted by Crippen LogP contribution is -2.09. The molecule has 0 aliphatic carbocycles. The highest BCUT2D eigenvalue weighted by Crippen LogP contribution is 2.28. The van der Waals surface area contributed by atoms with Crippen molar-refractivity contribution in [3.8, 4) is 6.07 Å². The van der Waals surface area contributed by atoms with Crippen molar-refractivity contribution in [1.29, 1.82) is 5.26 Å². The fourth-order valence-electron chi connectivity index (χ4n) is 1.25. The number of carbonyl (C=O) groups is 1. The summed E-state index contributed by atoms with van der Waals surface area (Å²) in [4.78, 5) is 11.5. The molecule has 2 nitrogen and oxygen atoms in total. The van der Waals surface area contributed by atoms with Crippen LogP contribution in [-0.2, 0) is 4.79 Å². The molecule has 1 aromatic carbocycles. The van der Waals surface area contributed by atoms with Gasteiger partial charge in [0.05, 0.1) is 6.07 Å². The third kappa shape index (κ3) is 2.71. The quantitative estimate of drug-likeness (QED) is 0.812. The molecule has 0 aromatic heterocycles. The predicted molar refractivity (Wildman–Crippen MR) is 60.1 cm³/mol. The molecule has 1 atom stereocenters. The van der Waals surface area contributed by atoms with Crippen molar-refractivity contribution in [2.75, 3.05) is 0 Å². The van der Waals surface area contributed by atoms with Crippen molar-refractivity contribution in [2.45, 2.75) is 19.3 Å². The second kappa shape index (κ2) is 5.16. The minimum Gasteiger partial charge on any atom is -0.298 e. The Morgan fingerprint density at radius 3 is 2.67 bits per heavy atom. The minimum atomic E-state index is -0.792. The van der Waals surface area contributed by atoms with Crippen molar-refractivity contribution in [3.63, 3.8) is 0 Å². The second-order valence-corrected chi connectivity index (χ2v) is 3.89. The van der Waals surface area contributed by atoms with Crippen molar-refractivity contribution in [3.05, 3.63) is 33.8 Å². The van der Waals surface area contributed by atoms with Gasteiger partial charge in [-0.2, -0.15) is 5.26 Å². The molecule has 15 heavy (non-hydrogen) atoms. The van der Waals surface area contributed by atoms with Crippen LogP contribution in [0.4, 0.5) is 0 Å². The SMILES string of the molecule is CCC(=O)C(C#N)c1ccc(Cl)cc1Cl. The van der Waals surface area contributed by atoms with E-state index in [-0.39, 0.29) is 5.78 Å². The molecule has 1 unspecified atom stereocenters. The van der Waals surface area contributed by atoms with Crippen molar-refractivity contribution in [2.24, 2.45) is 0 Å². The first-order valence-corrected chi connectivity index (χ1v) is 5.23. The fraction of sp³-hybridized carbons (Fsp3) is 0.273. The highest BCUT2D eigenvalue weighted by Gasteiger charge is 2.20. The molecule has 0 radical (unpaired) electrons. The van der Waals surface area contributed by atoms with E-state index in [0.29, 0.717) is 22.0 Å². The van der Waals surface area contributed by atoms with Gasteiger partial charge in [0.1, 0.15) is 5.92 Å². The molecule has 1 rings (SSSR count). The van der Waals surface area contributed by atoms with Gasteiger partial charge in [-0.15, -0.1) is 0 Å². The number of hydrogen-bond acceptors (Lipinski definition) is 2. The number of nitriles is 1. The van der Waals surface area contributed by atoms with Gasteiger partial charge in [-0.1, -0.05) is 36.2 Å². The van der Waals surface area contributed by atoms with Crippen LogP contribution in [0.3, 0.4) is 0 Å². The van der Waals surface area contributed by atoms with E-state index in [1.54, 1.807) is 19.1 Å². The summed E-state index contributed by atoms with van der Waals surface area (Å²) in [7, 11) is 0. The Morgan fingerprint density at radius 1 is 1.53 bits per heavy atom. The van der Waals surface area contributed by atoms with Gasteiger partial charge in [0.2, 0.25) is 0 Å². The van der Waals surface area contributed by atoms with Crippen LogP contribution >= 0.6 is 23.2 Å². The summed E-state index contributed by atoms with van der Waals surface area (Å²) in [5, 5.41) is 9.76. The first-order valence-electron chi connectivity index (χ1n) is 4.47. The first-order chi connectivity index (χ1) is 7.10. The van der Waals surface area contributed by atoms with Crippen LogP contribution in [0.2, 0.25) is 10.0 Å². The molecule has 0 heterocycles. The maximum atomic E-state index is 11.5. The number of halogens is 2. The molecule has 0 saturated carbocycles. The molecule has 0 aliphatic rings. The number of Topliss-reactive ketones (excluding diaryl/α,β-unsaturated/α-hetero) is 1. The van der Waals surface area contributed by atoms with E-state index in [9.17, 15) is 4.79 Å². The summed E-state index contributed by atoms with van der Waals surface area (Å²) < 4.78 is 0. The van der Waals surface area contributed by atoms with Crippen LogP contribution < -0.4 is 0 Å². The molecule has 0 bridgehead atoms. The summed E-state index contributed by atoms with van der Waals surface area (Å²) in [5.74, 6) is -0.929. The normalized spacial score (nSPS) is 11.9. The molecule has 0 fully saturated rings. The van der Waals surface area contributed by atoms with Crippen LogP contribution in [0.1, 0.15) is 24.8 Å². The first kappa shape index (κ1) is 12.0. The Morgan fingerprint density at radius 2 is 2.20 bits per heavy atom. The molecule has 0 saturated heterocycles. The average molecular weight is 242 g/mol. The monoisotopic (exact) mass is 241 g/mol. The number of ketones is 1. The Bertz CT molecular complexity index is 423. The van der Waals surface area contributed by atoms with E-state index >= 15 is 0 Å². The summed E-state index contributed by atoms with van der Waals surface area (Å²) in [6.45, 7) is 1.72. The summed E-state index contributed by atoms with van der Waals surface area (Å²) >= 11 is 11.6. The number of rotatable bonds is 3. The van der Waals surface area contributed by atoms with Crippen molar-refractivity contribution < 1.29 is 4.79 Å². The molecule has 4 heteroatoms. The zero-order valence-corrected chi connectivity index (χ0v) is 9.64. The van der Waals surface area contributed by atoms with E-state index in [4.69, 9.17) is 28.5 Å². The van der Waals surface area contributed by atoms with Crippen LogP contribution in [-0.4, -0.2) is 5.78 Å². The van der Waals surface area contributed by atoms with Gasteiger partial charge >= 0.3 is 0 Å². The standard InChI is InChI=1S/C11H9Cl2NO/c1-2-11(15)9(6-14)8-4-3-7(12)5-10(8)13/h3-5,9H,2H2,1H3.